The fourth-order valence-electron chi connectivity index (χ4n) is 3.60. The third kappa shape index (κ3) is 3.84. The van der Waals surface area contributed by atoms with Crippen molar-refractivity contribution >= 4 is 5.91 Å². The van der Waals surface area contributed by atoms with Crippen LogP contribution in [0, 0.1) is 0 Å². The summed E-state index contributed by atoms with van der Waals surface area (Å²) >= 11 is 0. The molecule has 1 aromatic rings. The normalized spacial score (nSPS) is 24.7. The average Bonchev–Trinajstić information content (AvgIpc) is 2.52. The molecule has 2 atom stereocenters. The topological polar surface area (TPSA) is 29.5 Å². The van der Waals surface area contributed by atoms with Gasteiger partial charge in [0.25, 0.3) is 0 Å². The first-order valence-electron chi connectivity index (χ1n) is 8.81. The summed E-state index contributed by atoms with van der Waals surface area (Å²) in [4.78, 5) is 14.3. The molecule has 0 radical (unpaired) electrons. The first-order valence-corrected chi connectivity index (χ1v) is 8.81. The van der Waals surface area contributed by atoms with Gasteiger partial charge in [-0.3, -0.25) is 4.79 Å². The Hall–Kier alpha value is -1.61. The van der Waals surface area contributed by atoms with E-state index in [4.69, 9.17) is 4.74 Å². The molecule has 1 aliphatic carbocycles. The second kappa shape index (κ2) is 7.31. The smallest absolute Gasteiger partial charge is 0.246 e. The van der Waals surface area contributed by atoms with Crippen molar-refractivity contribution in [3.63, 3.8) is 0 Å². The average molecular weight is 313 g/mol. The summed E-state index contributed by atoms with van der Waals surface area (Å²) in [6.07, 6.45) is 7.46. The molecule has 3 heteroatoms. The van der Waals surface area contributed by atoms with Gasteiger partial charge in [0.05, 0.1) is 6.10 Å². The molecule has 0 N–H and O–H groups in total. The third-order valence-corrected chi connectivity index (χ3v) is 5.27. The van der Waals surface area contributed by atoms with E-state index in [9.17, 15) is 4.79 Å². The number of carbonyl (C=O) groups excluding carboxylic acids is 1. The number of hydrogen-bond acceptors (Lipinski definition) is 2. The summed E-state index contributed by atoms with van der Waals surface area (Å²) in [5.41, 5.74) is 2.64. The van der Waals surface area contributed by atoms with Gasteiger partial charge in [0.15, 0.2) is 0 Å². The number of hydrogen-bond donors (Lipinski definition) is 0. The highest BCUT2D eigenvalue weighted by atomic mass is 16.5. The lowest BCUT2D eigenvalue weighted by molar-refractivity contribution is -0.132. The van der Waals surface area contributed by atoms with Crippen molar-refractivity contribution in [3.05, 3.63) is 48.0 Å². The molecule has 1 saturated carbocycles. The molecule has 2 aliphatic rings. The largest absolute Gasteiger partial charge is 0.378 e. The molecular formula is C20H27NO2. The summed E-state index contributed by atoms with van der Waals surface area (Å²) in [6.45, 7) is 7.14. The van der Waals surface area contributed by atoms with E-state index in [1.807, 2.05) is 4.90 Å². The molecule has 0 bridgehead atoms. The molecule has 124 valence electrons. The lowest BCUT2D eigenvalue weighted by atomic mass is 9.80. The predicted molar refractivity (Wildman–Crippen MR) is 92.2 cm³/mol. The van der Waals surface area contributed by atoms with E-state index >= 15 is 0 Å². The molecule has 1 amide bonds. The van der Waals surface area contributed by atoms with Gasteiger partial charge in [0.2, 0.25) is 5.91 Å². The van der Waals surface area contributed by atoms with Crippen LogP contribution >= 0.6 is 0 Å². The fourth-order valence-corrected chi connectivity index (χ4v) is 3.60. The quantitative estimate of drug-likeness (QED) is 0.768. The van der Waals surface area contributed by atoms with Gasteiger partial charge in [0.1, 0.15) is 0 Å². The van der Waals surface area contributed by atoms with E-state index in [0.29, 0.717) is 6.54 Å². The Morgan fingerprint density at radius 3 is 2.61 bits per heavy atom. The van der Waals surface area contributed by atoms with Crippen LogP contribution in [0.5, 0.6) is 0 Å². The van der Waals surface area contributed by atoms with Gasteiger partial charge in [-0.25, -0.2) is 0 Å². The standard InChI is InChI=1S/C20H27NO2/c1-3-20(22)21(19-11-12-23-15(2)13-19)14-16-7-9-18(10-8-16)17-5-4-6-17/h3,7-10,15,17,19H,1,4-6,11-14H2,2H3. The third-order valence-electron chi connectivity index (χ3n) is 5.27. The van der Waals surface area contributed by atoms with Crippen LogP contribution in [0.3, 0.4) is 0 Å². The Labute approximate surface area is 139 Å². The fraction of sp³-hybridized carbons (Fsp3) is 0.550. The van der Waals surface area contributed by atoms with Crippen molar-refractivity contribution in [2.24, 2.45) is 0 Å². The molecule has 2 fully saturated rings. The number of carbonyl (C=O) groups is 1. The van der Waals surface area contributed by atoms with Gasteiger partial charge >= 0.3 is 0 Å². The summed E-state index contributed by atoms with van der Waals surface area (Å²) in [5, 5.41) is 0. The summed E-state index contributed by atoms with van der Waals surface area (Å²) < 4.78 is 5.62. The molecular weight excluding hydrogens is 286 g/mol. The molecule has 0 aromatic heterocycles. The van der Waals surface area contributed by atoms with E-state index in [0.717, 1.165) is 25.4 Å². The van der Waals surface area contributed by atoms with Crippen molar-refractivity contribution in [1.82, 2.24) is 4.90 Å². The number of benzene rings is 1. The highest BCUT2D eigenvalue weighted by molar-refractivity contribution is 5.87. The Bertz CT molecular complexity index is 547. The zero-order valence-corrected chi connectivity index (χ0v) is 14.0. The Morgan fingerprint density at radius 1 is 1.30 bits per heavy atom. The predicted octanol–water partition coefficient (Wildman–Crippen LogP) is 4.04. The minimum atomic E-state index is 0.0205. The Balaban J connectivity index is 1.69. The minimum absolute atomic E-state index is 0.0205. The zero-order valence-electron chi connectivity index (χ0n) is 14.0. The van der Waals surface area contributed by atoms with Gasteiger partial charge in [-0.2, -0.15) is 0 Å². The molecule has 0 spiro atoms. The van der Waals surface area contributed by atoms with Crippen LogP contribution in [-0.4, -0.2) is 29.6 Å². The van der Waals surface area contributed by atoms with Crippen molar-refractivity contribution < 1.29 is 9.53 Å². The molecule has 1 saturated heterocycles. The molecule has 3 rings (SSSR count). The molecule has 23 heavy (non-hydrogen) atoms. The van der Waals surface area contributed by atoms with E-state index < -0.39 is 0 Å². The highest BCUT2D eigenvalue weighted by Crippen LogP contribution is 2.36. The van der Waals surface area contributed by atoms with Crippen LogP contribution in [0.1, 0.15) is 56.1 Å². The van der Waals surface area contributed by atoms with Crippen molar-refractivity contribution in [1.29, 1.82) is 0 Å². The number of amides is 1. The molecule has 1 aliphatic heterocycles. The van der Waals surface area contributed by atoms with E-state index in [1.165, 1.54) is 36.5 Å². The van der Waals surface area contributed by atoms with Crippen molar-refractivity contribution in [2.45, 2.75) is 63.6 Å². The Morgan fingerprint density at radius 2 is 2.04 bits per heavy atom. The second-order valence-corrected chi connectivity index (χ2v) is 6.90. The molecule has 3 nitrogen and oxygen atoms in total. The second-order valence-electron chi connectivity index (χ2n) is 6.90. The monoisotopic (exact) mass is 313 g/mol. The number of ether oxygens (including phenoxy) is 1. The van der Waals surface area contributed by atoms with Crippen molar-refractivity contribution in [3.8, 4) is 0 Å². The highest BCUT2D eigenvalue weighted by Gasteiger charge is 2.27. The van der Waals surface area contributed by atoms with Gasteiger partial charge in [-0.1, -0.05) is 37.3 Å². The van der Waals surface area contributed by atoms with Crippen LogP contribution in [0.25, 0.3) is 0 Å². The SMILES string of the molecule is C=CC(=O)N(Cc1ccc(C2CCC2)cc1)C1CCOC(C)C1. The maximum atomic E-state index is 12.3. The van der Waals surface area contributed by atoms with Crippen LogP contribution in [0.2, 0.25) is 0 Å². The molecule has 1 heterocycles. The summed E-state index contributed by atoms with van der Waals surface area (Å²) in [6, 6.07) is 9.08. The van der Waals surface area contributed by atoms with Gasteiger partial charge in [-0.05, 0) is 55.7 Å². The lowest BCUT2D eigenvalue weighted by Gasteiger charge is -2.36. The molecule has 2 unspecified atom stereocenters. The maximum absolute atomic E-state index is 12.3. The van der Waals surface area contributed by atoms with E-state index in [-0.39, 0.29) is 18.1 Å². The zero-order chi connectivity index (χ0) is 16.2. The lowest BCUT2D eigenvalue weighted by Crippen LogP contribution is -2.44. The van der Waals surface area contributed by atoms with Crippen LogP contribution in [-0.2, 0) is 16.1 Å². The van der Waals surface area contributed by atoms with Gasteiger partial charge < -0.3 is 9.64 Å². The number of rotatable bonds is 5. The number of nitrogens with zero attached hydrogens (tertiary/aromatic N) is 1. The van der Waals surface area contributed by atoms with Crippen LogP contribution in [0.15, 0.2) is 36.9 Å². The molecule has 1 aromatic carbocycles. The van der Waals surface area contributed by atoms with Crippen LogP contribution < -0.4 is 0 Å². The van der Waals surface area contributed by atoms with E-state index in [1.54, 1.807) is 0 Å². The van der Waals surface area contributed by atoms with E-state index in [2.05, 4.69) is 37.8 Å². The van der Waals surface area contributed by atoms with Crippen LogP contribution in [0.4, 0.5) is 0 Å². The Kier molecular flexibility index (Phi) is 5.16. The van der Waals surface area contributed by atoms with Crippen molar-refractivity contribution in [2.75, 3.05) is 6.61 Å². The first-order chi connectivity index (χ1) is 11.2. The summed E-state index contributed by atoms with van der Waals surface area (Å²) in [5.74, 6) is 0.776. The van der Waals surface area contributed by atoms with Gasteiger partial charge in [-0.15, -0.1) is 0 Å². The first kappa shape index (κ1) is 16.3. The minimum Gasteiger partial charge on any atom is -0.378 e. The maximum Gasteiger partial charge on any atom is 0.246 e. The summed E-state index contributed by atoms with van der Waals surface area (Å²) in [7, 11) is 0. The van der Waals surface area contributed by atoms with Gasteiger partial charge in [0, 0.05) is 19.2 Å².